The standard InChI is InChI=1S/C18H32N2O4/c1-13(2)16-18(5-8-22-9-6-18)12-20(16)17(21)19-14(3)10-24-15-4-7-23-11-15/h13-16H,4-12H2,1-3H3,(H,19,21). The summed E-state index contributed by atoms with van der Waals surface area (Å²) in [6.45, 7) is 10.9. The van der Waals surface area contributed by atoms with Crippen LogP contribution < -0.4 is 5.32 Å². The Balaban J connectivity index is 1.49. The molecular weight excluding hydrogens is 308 g/mol. The first kappa shape index (κ1) is 18.0. The zero-order valence-corrected chi connectivity index (χ0v) is 15.3. The van der Waals surface area contributed by atoms with Crippen LogP contribution in [0.4, 0.5) is 4.79 Å². The Hall–Kier alpha value is -0.850. The largest absolute Gasteiger partial charge is 0.381 e. The topological polar surface area (TPSA) is 60.0 Å². The highest BCUT2D eigenvalue weighted by atomic mass is 16.5. The van der Waals surface area contributed by atoms with Gasteiger partial charge in [-0.2, -0.15) is 0 Å². The van der Waals surface area contributed by atoms with Crippen molar-refractivity contribution in [3.8, 4) is 0 Å². The lowest BCUT2D eigenvalue weighted by atomic mass is 9.63. The summed E-state index contributed by atoms with van der Waals surface area (Å²) in [5, 5.41) is 3.10. The molecule has 0 aromatic rings. The lowest BCUT2D eigenvalue weighted by Crippen LogP contribution is -2.71. The normalized spacial score (nSPS) is 30.4. The molecule has 0 aromatic heterocycles. The average Bonchev–Trinajstić information content (AvgIpc) is 3.04. The van der Waals surface area contributed by atoms with Gasteiger partial charge in [0.1, 0.15) is 0 Å². The summed E-state index contributed by atoms with van der Waals surface area (Å²) in [5.74, 6) is 0.463. The Labute approximate surface area is 145 Å². The third-order valence-electron chi connectivity index (χ3n) is 5.67. The van der Waals surface area contributed by atoms with E-state index in [1.54, 1.807) is 0 Å². The maximum Gasteiger partial charge on any atom is 0.317 e. The summed E-state index contributed by atoms with van der Waals surface area (Å²) in [7, 11) is 0. The van der Waals surface area contributed by atoms with Gasteiger partial charge >= 0.3 is 6.03 Å². The maximum atomic E-state index is 12.7. The van der Waals surface area contributed by atoms with E-state index in [0.717, 1.165) is 45.6 Å². The van der Waals surface area contributed by atoms with Gasteiger partial charge in [0.15, 0.2) is 0 Å². The van der Waals surface area contributed by atoms with Gasteiger partial charge in [0.2, 0.25) is 0 Å². The number of likely N-dealkylation sites (tertiary alicyclic amines) is 1. The van der Waals surface area contributed by atoms with Gasteiger partial charge < -0.3 is 24.4 Å². The van der Waals surface area contributed by atoms with Crippen LogP contribution >= 0.6 is 0 Å². The van der Waals surface area contributed by atoms with Crippen molar-refractivity contribution in [3.63, 3.8) is 0 Å². The minimum atomic E-state index is 0.0113. The molecule has 3 heterocycles. The van der Waals surface area contributed by atoms with E-state index in [0.29, 0.717) is 25.2 Å². The smallest absolute Gasteiger partial charge is 0.317 e. The van der Waals surface area contributed by atoms with Crippen LogP contribution in [-0.4, -0.2) is 68.7 Å². The Morgan fingerprint density at radius 1 is 1.25 bits per heavy atom. The lowest BCUT2D eigenvalue weighted by molar-refractivity contribution is -0.125. The fraction of sp³-hybridized carbons (Fsp3) is 0.944. The molecule has 0 aliphatic carbocycles. The first-order valence-electron chi connectivity index (χ1n) is 9.36. The van der Waals surface area contributed by atoms with Crippen LogP contribution in [0, 0.1) is 11.3 Å². The molecule has 3 fully saturated rings. The van der Waals surface area contributed by atoms with Crippen molar-refractivity contribution in [3.05, 3.63) is 0 Å². The van der Waals surface area contributed by atoms with Gasteiger partial charge in [0.05, 0.1) is 25.4 Å². The zero-order valence-electron chi connectivity index (χ0n) is 15.3. The highest BCUT2D eigenvalue weighted by molar-refractivity contribution is 5.76. The number of carbonyl (C=O) groups is 1. The van der Waals surface area contributed by atoms with Crippen LogP contribution in [0.15, 0.2) is 0 Å². The van der Waals surface area contributed by atoms with Gasteiger partial charge in [-0.25, -0.2) is 4.79 Å². The number of amides is 2. The number of carbonyl (C=O) groups excluding carboxylic acids is 1. The van der Waals surface area contributed by atoms with Crippen molar-refractivity contribution in [1.82, 2.24) is 10.2 Å². The Kier molecular flexibility index (Phi) is 5.67. The third kappa shape index (κ3) is 3.70. The molecule has 1 spiro atoms. The van der Waals surface area contributed by atoms with E-state index < -0.39 is 0 Å². The highest BCUT2D eigenvalue weighted by Crippen LogP contribution is 2.48. The van der Waals surface area contributed by atoms with E-state index >= 15 is 0 Å². The third-order valence-corrected chi connectivity index (χ3v) is 5.67. The van der Waals surface area contributed by atoms with E-state index in [1.807, 2.05) is 11.8 Å². The van der Waals surface area contributed by atoms with Crippen molar-refractivity contribution in [2.45, 2.75) is 58.2 Å². The quantitative estimate of drug-likeness (QED) is 0.832. The van der Waals surface area contributed by atoms with Crippen molar-refractivity contribution in [2.24, 2.45) is 11.3 Å². The molecule has 3 saturated heterocycles. The lowest BCUT2D eigenvalue weighted by Gasteiger charge is -2.60. The molecule has 2 amide bonds. The van der Waals surface area contributed by atoms with Crippen molar-refractivity contribution in [2.75, 3.05) is 39.6 Å². The van der Waals surface area contributed by atoms with Crippen LogP contribution in [0.25, 0.3) is 0 Å². The zero-order chi connectivity index (χ0) is 17.2. The molecule has 0 saturated carbocycles. The summed E-state index contributed by atoms with van der Waals surface area (Å²) in [6, 6.07) is 0.375. The van der Waals surface area contributed by atoms with Gasteiger partial charge in [-0.05, 0) is 32.1 Å². The molecule has 3 atom stereocenters. The van der Waals surface area contributed by atoms with Gasteiger partial charge in [0, 0.05) is 37.8 Å². The molecule has 3 aliphatic heterocycles. The molecule has 0 radical (unpaired) electrons. The van der Waals surface area contributed by atoms with Crippen LogP contribution in [0.2, 0.25) is 0 Å². The predicted octanol–water partition coefficient (Wildman–Crippen LogP) is 2.03. The van der Waals surface area contributed by atoms with Crippen molar-refractivity contribution >= 4 is 6.03 Å². The fourth-order valence-electron chi connectivity index (χ4n) is 4.51. The van der Waals surface area contributed by atoms with E-state index in [1.165, 1.54) is 0 Å². The van der Waals surface area contributed by atoms with E-state index in [-0.39, 0.29) is 23.6 Å². The van der Waals surface area contributed by atoms with E-state index in [2.05, 4.69) is 19.2 Å². The van der Waals surface area contributed by atoms with Crippen LogP contribution in [0.3, 0.4) is 0 Å². The summed E-state index contributed by atoms with van der Waals surface area (Å²) in [5.41, 5.74) is 0.269. The molecule has 0 bridgehead atoms. The minimum absolute atomic E-state index is 0.0113. The molecule has 3 aliphatic rings. The average molecular weight is 340 g/mol. The molecule has 6 heteroatoms. The number of nitrogens with zero attached hydrogens (tertiary/aromatic N) is 1. The summed E-state index contributed by atoms with van der Waals surface area (Å²) in [4.78, 5) is 14.7. The molecular formula is C18H32N2O4. The molecule has 138 valence electrons. The number of hydrogen-bond donors (Lipinski definition) is 1. The number of urea groups is 1. The van der Waals surface area contributed by atoms with Gasteiger partial charge in [-0.1, -0.05) is 13.8 Å². The van der Waals surface area contributed by atoms with E-state index in [4.69, 9.17) is 14.2 Å². The Morgan fingerprint density at radius 3 is 2.62 bits per heavy atom. The summed E-state index contributed by atoms with van der Waals surface area (Å²) < 4.78 is 16.6. The number of hydrogen-bond acceptors (Lipinski definition) is 4. The first-order valence-corrected chi connectivity index (χ1v) is 9.36. The molecule has 1 N–H and O–H groups in total. The number of rotatable bonds is 5. The van der Waals surface area contributed by atoms with Crippen LogP contribution in [0.5, 0.6) is 0 Å². The molecule has 0 aromatic carbocycles. The Bertz CT molecular complexity index is 431. The second-order valence-corrected chi connectivity index (χ2v) is 7.96. The molecule has 3 unspecified atom stereocenters. The second kappa shape index (κ2) is 7.58. The first-order chi connectivity index (χ1) is 11.5. The molecule has 6 nitrogen and oxygen atoms in total. The number of nitrogens with one attached hydrogen (secondary N) is 1. The van der Waals surface area contributed by atoms with E-state index in [9.17, 15) is 4.79 Å². The monoisotopic (exact) mass is 340 g/mol. The van der Waals surface area contributed by atoms with Gasteiger partial charge in [0.25, 0.3) is 0 Å². The predicted molar refractivity (Wildman–Crippen MR) is 91.0 cm³/mol. The maximum absolute atomic E-state index is 12.7. The molecule has 3 rings (SSSR count). The van der Waals surface area contributed by atoms with Crippen LogP contribution in [0.1, 0.15) is 40.0 Å². The molecule has 24 heavy (non-hydrogen) atoms. The van der Waals surface area contributed by atoms with Gasteiger partial charge in [-0.15, -0.1) is 0 Å². The summed E-state index contributed by atoms with van der Waals surface area (Å²) >= 11 is 0. The number of ether oxygens (including phenoxy) is 3. The van der Waals surface area contributed by atoms with Crippen molar-refractivity contribution < 1.29 is 19.0 Å². The Morgan fingerprint density at radius 2 is 2.00 bits per heavy atom. The van der Waals surface area contributed by atoms with Gasteiger partial charge in [-0.3, -0.25) is 0 Å². The highest BCUT2D eigenvalue weighted by Gasteiger charge is 2.55. The minimum Gasteiger partial charge on any atom is -0.381 e. The van der Waals surface area contributed by atoms with Crippen molar-refractivity contribution in [1.29, 1.82) is 0 Å². The second-order valence-electron chi connectivity index (χ2n) is 7.96. The summed E-state index contributed by atoms with van der Waals surface area (Å²) in [6.07, 6.45) is 3.27. The SMILES string of the molecule is CC(COC1CCOC1)NC(=O)N1CC2(CCOCC2)C1C(C)C. The fourth-order valence-corrected chi connectivity index (χ4v) is 4.51. The van der Waals surface area contributed by atoms with Crippen LogP contribution in [-0.2, 0) is 14.2 Å².